The van der Waals surface area contributed by atoms with Crippen LogP contribution >= 0.6 is 23.1 Å². The molecule has 0 radical (unpaired) electrons. The third-order valence-corrected chi connectivity index (χ3v) is 8.24. The van der Waals surface area contributed by atoms with Gasteiger partial charge in [0.15, 0.2) is 0 Å². The van der Waals surface area contributed by atoms with Crippen molar-refractivity contribution in [3.63, 3.8) is 0 Å². The van der Waals surface area contributed by atoms with E-state index in [-0.39, 0.29) is 11.2 Å². The lowest BCUT2D eigenvalue weighted by molar-refractivity contribution is -0.115. The Balaban J connectivity index is 1.54. The van der Waals surface area contributed by atoms with Crippen LogP contribution in [-0.2, 0) is 17.6 Å². The Hall–Kier alpha value is -1.77. The second kappa shape index (κ2) is 8.08. The fourth-order valence-corrected chi connectivity index (χ4v) is 6.74. The first kappa shape index (κ1) is 18.6. The second-order valence-electron chi connectivity index (χ2n) is 7.41. The molecule has 3 nitrogen and oxygen atoms in total. The van der Waals surface area contributed by atoms with Crippen molar-refractivity contribution in [1.82, 2.24) is 0 Å². The first-order chi connectivity index (χ1) is 13.2. The predicted molar refractivity (Wildman–Crippen MR) is 114 cm³/mol. The SMILES string of the molecule is CC(SC1CCCCC1)C(=O)Nc1sc2c(c1C#N)CCc1ccccc1-2. The molecule has 2 aromatic rings. The number of thiophene rings is 1. The topological polar surface area (TPSA) is 52.9 Å². The van der Waals surface area contributed by atoms with E-state index >= 15 is 0 Å². The van der Waals surface area contributed by atoms with E-state index in [4.69, 9.17) is 0 Å². The summed E-state index contributed by atoms with van der Waals surface area (Å²) in [5.74, 6) is 0.0222. The normalized spacial score (nSPS) is 17.5. The molecule has 27 heavy (non-hydrogen) atoms. The van der Waals surface area contributed by atoms with Crippen molar-refractivity contribution in [1.29, 1.82) is 5.26 Å². The predicted octanol–water partition coefficient (Wildman–Crippen LogP) is 5.78. The zero-order valence-corrected chi connectivity index (χ0v) is 17.2. The van der Waals surface area contributed by atoms with Gasteiger partial charge in [-0.15, -0.1) is 23.1 Å². The zero-order valence-electron chi connectivity index (χ0n) is 15.6. The lowest BCUT2D eigenvalue weighted by Crippen LogP contribution is -2.25. The number of nitrogens with zero attached hydrogens (tertiary/aromatic N) is 1. The van der Waals surface area contributed by atoms with Gasteiger partial charge in [-0.3, -0.25) is 4.79 Å². The molecule has 1 saturated carbocycles. The Morgan fingerprint density at radius 2 is 2.04 bits per heavy atom. The third kappa shape index (κ3) is 3.79. The fourth-order valence-electron chi connectivity index (χ4n) is 4.11. The lowest BCUT2D eigenvalue weighted by Gasteiger charge is -2.23. The number of nitrogens with one attached hydrogen (secondary N) is 1. The third-order valence-electron chi connectivity index (χ3n) is 5.58. The Kier molecular flexibility index (Phi) is 5.56. The Morgan fingerprint density at radius 3 is 2.81 bits per heavy atom. The maximum absolute atomic E-state index is 12.8. The second-order valence-corrected chi connectivity index (χ2v) is 10.1. The number of hydrogen-bond acceptors (Lipinski definition) is 4. The largest absolute Gasteiger partial charge is 0.316 e. The van der Waals surface area contributed by atoms with Crippen molar-refractivity contribution in [3.8, 4) is 16.5 Å². The molecule has 1 fully saturated rings. The molecule has 2 aliphatic carbocycles. The molecular weight excluding hydrogens is 372 g/mol. The number of nitriles is 1. The van der Waals surface area contributed by atoms with E-state index in [1.807, 2.05) is 13.0 Å². The summed E-state index contributed by atoms with van der Waals surface area (Å²) in [6.45, 7) is 1.99. The van der Waals surface area contributed by atoms with Gasteiger partial charge in [0.05, 0.1) is 10.8 Å². The summed E-state index contributed by atoms with van der Waals surface area (Å²) in [6.07, 6.45) is 8.14. The summed E-state index contributed by atoms with van der Waals surface area (Å²) in [5, 5.41) is 14.0. The molecule has 1 heterocycles. The molecule has 1 amide bonds. The van der Waals surface area contributed by atoms with Gasteiger partial charge >= 0.3 is 0 Å². The van der Waals surface area contributed by atoms with E-state index in [1.54, 1.807) is 23.1 Å². The zero-order chi connectivity index (χ0) is 18.8. The number of carbonyl (C=O) groups is 1. The summed E-state index contributed by atoms with van der Waals surface area (Å²) in [6, 6.07) is 10.7. The number of amides is 1. The van der Waals surface area contributed by atoms with Crippen LogP contribution in [0.5, 0.6) is 0 Å². The number of carbonyl (C=O) groups excluding carboxylic acids is 1. The number of fused-ring (bicyclic) bond motifs is 3. The van der Waals surface area contributed by atoms with E-state index in [0.717, 1.165) is 28.3 Å². The van der Waals surface area contributed by atoms with Gasteiger partial charge in [0.2, 0.25) is 5.91 Å². The summed E-state index contributed by atoms with van der Waals surface area (Å²) in [5.41, 5.74) is 4.30. The average molecular weight is 397 g/mol. The van der Waals surface area contributed by atoms with Crippen LogP contribution in [-0.4, -0.2) is 16.4 Å². The minimum absolute atomic E-state index is 0.0222. The van der Waals surface area contributed by atoms with Gasteiger partial charge in [-0.05, 0) is 49.3 Å². The average Bonchev–Trinajstić information content (AvgIpc) is 3.06. The summed E-state index contributed by atoms with van der Waals surface area (Å²) in [4.78, 5) is 13.9. The van der Waals surface area contributed by atoms with Crippen molar-refractivity contribution in [2.45, 2.75) is 62.4 Å². The molecule has 0 saturated heterocycles. The fraction of sp³-hybridized carbons (Fsp3) is 0.455. The molecule has 5 heteroatoms. The van der Waals surface area contributed by atoms with Crippen LogP contribution in [0.3, 0.4) is 0 Å². The Bertz CT molecular complexity index is 890. The summed E-state index contributed by atoms with van der Waals surface area (Å²) < 4.78 is 0. The van der Waals surface area contributed by atoms with Gasteiger partial charge in [0.1, 0.15) is 11.1 Å². The highest BCUT2D eigenvalue weighted by molar-refractivity contribution is 8.01. The van der Waals surface area contributed by atoms with E-state index < -0.39 is 0 Å². The lowest BCUT2D eigenvalue weighted by atomic mass is 9.90. The molecule has 1 atom stereocenters. The minimum atomic E-state index is -0.0916. The van der Waals surface area contributed by atoms with Gasteiger partial charge in [-0.1, -0.05) is 43.5 Å². The molecule has 2 aliphatic rings. The molecule has 1 unspecified atom stereocenters. The molecule has 0 aliphatic heterocycles. The maximum atomic E-state index is 12.8. The monoisotopic (exact) mass is 396 g/mol. The molecule has 4 rings (SSSR count). The molecule has 1 aromatic carbocycles. The van der Waals surface area contributed by atoms with Crippen LogP contribution in [0.4, 0.5) is 5.00 Å². The Labute approximate surface area is 169 Å². The number of rotatable bonds is 4. The van der Waals surface area contributed by atoms with Crippen LogP contribution in [0.2, 0.25) is 0 Å². The molecule has 1 aromatic heterocycles. The summed E-state index contributed by atoms with van der Waals surface area (Å²) in [7, 11) is 0. The molecular formula is C22H24N2OS2. The number of hydrogen-bond donors (Lipinski definition) is 1. The van der Waals surface area contributed by atoms with Crippen LogP contribution in [0.1, 0.15) is 55.7 Å². The quantitative estimate of drug-likeness (QED) is 0.713. The molecule has 0 bridgehead atoms. The number of thioether (sulfide) groups is 1. The Morgan fingerprint density at radius 1 is 1.26 bits per heavy atom. The number of aryl methyl sites for hydroxylation is 1. The van der Waals surface area contributed by atoms with Gasteiger partial charge in [-0.25, -0.2) is 0 Å². The van der Waals surface area contributed by atoms with Crippen molar-refractivity contribution in [2.75, 3.05) is 5.32 Å². The first-order valence-electron chi connectivity index (χ1n) is 9.77. The van der Waals surface area contributed by atoms with Crippen molar-refractivity contribution in [2.24, 2.45) is 0 Å². The van der Waals surface area contributed by atoms with Crippen LogP contribution < -0.4 is 5.32 Å². The van der Waals surface area contributed by atoms with Gasteiger partial charge < -0.3 is 5.32 Å². The number of benzene rings is 1. The van der Waals surface area contributed by atoms with Gasteiger partial charge in [-0.2, -0.15) is 5.26 Å². The highest BCUT2D eigenvalue weighted by Gasteiger charge is 2.27. The highest BCUT2D eigenvalue weighted by atomic mass is 32.2. The smallest absolute Gasteiger partial charge is 0.237 e. The van der Waals surface area contributed by atoms with E-state index in [9.17, 15) is 10.1 Å². The maximum Gasteiger partial charge on any atom is 0.237 e. The van der Waals surface area contributed by atoms with Crippen LogP contribution in [0.15, 0.2) is 24.3 Å². The first-order valence-corrected chi connectivity index (χ1v) is 11.5. The van der Waals surface area contributed by atoms with E-state index in [2.05, 4.69) is 29.6 Å². The molecule has 140 valence electrons. The van der Waals surface area contributed by atoms with E-state index in [0.29, 0.717) is 10.8 Å². The standard InChI is InChI=1S/C22H24N2OS2/c1-14(26-16-8-3-2-4-9-16)21(25)24-22-19(13-23)18-12-11-15-7-5-6-10-17(15)20(18)27-22/h5-7,10,14,16H,2-4,8-9,11-12H2,1H3,(H,24,25). The van der Waals surface area contributed by atoms with Crippen molar-refractivity contribution < 1.29 is 4.79 Å². The van der Waals surface area contributed by atoms with Gasteiger partial charge in [0, 0.05) is 10.1 Å². The number of anilines is 1. The van der Waals surface area contributed by atoms with Crippen molar-refractivity contribution >= 4 is 34.0 Å². The summed E-state index contributed by atoms with van der Waals surface area (Å²) >= 11 is 3.35. The molecule has 1 N–H and O–H groups in total. The van der Waals surface area contributed by atoms with E-state index in [1.165, 1.54) is 43.2 Å². The van der Waals surface area contributed by atoms with Gasteiger partial charge in [0.25, 0.3) is 0 Å². The minimum Gasteiger partial charge on any atom is -0.316 e. The van der Waals surface area contributed by atoms with Crippen LogP contribution in [0, 0.1) is 11.3 Å². The van der Waals surface area contributed by atoms with Crippen molar-refractivity contribution in [3.05, 3.63) is 41.0 Å². The highest BCUT2D eigenvalue weighted by Crippen LogP contribution is 2.45. The van der Waals surface area contributed by atoms with Crippen LogP contribution in [0.25, 0.3) is 10.4 Å². The molecule has 0 spiro atoms.